The van der Waals surface area contributed by atoms with Crippen molar-refractivity contribution in [3.8, 4) is 0 Å². The van der Waals surface area contributed by atoms with Gasteiger partial charge in [-0.1, -0.05) is 12.1 Å². The van der Waals surface area contributed by atoms with Crippen LogP contribution in [0, 0.1) is 0 Å². The Kier molecular flexibility index (Phi) is 39.6. The van der Waals surface area contributed by atoms with Gasteiger partial charge in [-0.3, -0.25) is 10.1 Å². The third-order valence-electron chi connectivity index (χ3n) is 11.5. The molecule has 0 unspecified atom stereocenters. The monoisotopic (exact) mass is 1450 g/mol. The van der Waals surface area contributed by atoms with E-state index in [1.807, 2.05) is 0 Å². The second kappa shape index (κ2) is 42.0. The fraction of sp³-hybridized carbons (Fsp3) is 0.208. The van der Waals surface area contributed by atoms with Crippen LogP contribution >= 0.6 is 24.1 Å². The van der Waals surface area contributed by atoms with Crippen LogP contribution in [-0.2, 0) is 73.4 Å². The molecule has 0 radical (unpaired) electrons. The smallest absolute Gasteiger partial charge is 0.744 e. The summed E-state index contributed by atoms with van der Waals surface area (Å²) in [5.41, 5.74) is 1.29. The first-order chi connectivity index (χ1) is 41.5. The van der Waals surface area contributed by atoms with E-state index in [9.17, 15) is 62.4 Å². The zero-order valence-electron chi connectivity index (χ0n) is 50.2. The fourth-order valence-electron chi connectivity index (χ4n) is 7.69. The van der Waals surface area contributed by atoms with Crippen molar-refractivity contribution >= 4 is 145 Å². The maximum atomic E-state index is 12.1. The van der Waals surface area contributed by atoms with Crippen molar-refractivity contribution in [2.24, 2.45) is 0 Å². The average Bonchev–Trinajstić information content (AvgIpc) is 0.945. The van der Waals surface area contributed by atoms with E-state index < -0.39 is 60.1 Å². The number of aromatic nitrogens is 6. The Morgan fingerprint density at radius 3 is 1.15 bits per heavy atom. The van der Waals surface area contributed by atoms with Crippen molar-refractivity contribution in [2.45, 2.75) is 42.2 Å². The van der Waals surface area contributed by atoms with Crippen molar-refractivity contribution in [1.29, 1.82) is 0 Å². The van der Waals surface area contributed by atoms with Gasteiger partial charge in [-0.25, -0.2) is 33.7 Å². The topological polar surface area (TPSA) is 489 Å². The number of ether oxygens (including phenoxy) is 3. The third-order valence-corrected chi connectivity index (χ3v) is 16.0. The van der Waals surface area contributed by atoms with Crippen molar-refractivity contribution in [3.63, 3.8) is 0 Å². The van der Waals surface area contributed by atoms with E-state index in [0.717, 1.165) is 42.5 Å². The van der Waals surface area contributed by atoms with E-state index in [-0.39, 0.29) is 265 Å². The number of hydrogen-bond acceptors (Lipinski definition) is 35. The molecule has 0 fully saturated rings. The number of nitrogens with zero attached hydrogens (tertiary/aromatic N) is 6. The molecular weight excluding hydrogens is 1410 g/mol. The number of anilines is 10. The van der Waals surface area contributed by atoms with Crippen LogP contribution in [0.5, 0.6) is 0 Å². The van der Waals surface area contributed by atoms with Gasteiger partial charge in [0.2, 0.25) is 35.7 Å². The van der Waals surface area contributed by atoms with Gasteiger partial charge in [0.05, 0.1) is 70.1 Å². The third kappa shape index (κ3) is 28.3. The van der Waals surface area contributed by atoms with Gasteiger partial charge in [0.25, 0.3) is 0 Å². The maximum Gasteiger partial charge on any atom is 1.00 e. The van der Waals surface area contributed by atoms with Crippen LogP contribution in [0.3, 0.4) is 0 Å². The van der Waals surface area contributed by atoms with Crippen LogP contribution in [-0.4, -0.2) is 135 Å². The number of rotatable bonds is 34. The summed E-state index contributed by atoms with van der Waals surface area (Å²) in [5.74, 6) is 0.0925. The molecule has 93 heavy (non-hydrogen) atoms. The van der Waals surface area contributed by atoms with Gasteiger partial charge in [-0.05, 0) is 131 Å². The molecule has 45 heteroatoms. The molecule has 0 aliphatic carbocycles. The Labute approximate surface area is 673 Å². The van der Waals surface area contributed by atoms with Crippen molar-refractivity contribution in [2.75, 3.05) is 84.6 Å². The van der Waals surface area contributed by atoms with Crippen LogP contribution in [0.2, 0.25) is 0 Å². The molecule has 0 atom stereocenters. The largest absolute Gasteiger partial charge is 1.00 e. The fourth-order valence-corrected chi connectivity index (χ4v) is 11.0. The molecule has 2 aromatic heterocycles. The number of benzene rings is 6. The molecule has 0 amide bonds. The van der Waals surface area contributed by atoms with Gasteiger partial charge in [0, 0.05) is 58.8 Å². The quantitative estimate of drug-likeness (QED) is 0.00545. The second-order valence-electron chi connectivity index (χ2n) is 17.5. The van der Waals surface area contributed by atoms with Gasteiger partial charge >= 0.3 is 177 Å². The molecule has 0 aliphatic rings. The summed E-state index contributed by atoms with van der Waals surface area (Å²) in [7, 11) is -19.3. The zero-order valence-corrected chi connectivity index (χ0v) is 67.1. The van der Waals surface area contributed by atoms with Gasteiger partial charge in [0.15, 0.2) is 0 Å². The van der Waals surface area contributed by atoms with Gasteiger partial charge < -0.3 is 74.8 Å². The van der Waals surface area contributed by atoms with Gasteiger partial charge in [-0.15, -0.1) is 0 Å². The first kappa shape index (κ1) is 87.7. The summed E-state index contributed by atoms with van der Waals surface area (Å²) in [4.78, 5) is 24.5. The minimum Gasteiger partial charge on any atom is -0.744 e. The summed E-state index contributed by atoms with van der Waals surface area (Å²) in [6.07, 6.45) is 0.958. The molecule has 0 aliphatic heterocycles. The predicted octanol–water partition coefficient (Wildman–Crippen LogP) is -14.2. The summed E-state index contributed by atoms with van der Waals surface area (Å²) in [6, 6.07) is 23.4. The van der Waals surface area contributed by atoms with Crippen LogP contribution in [0.15, 0.2) is 139 Å². The molecule has 0 bridgehead atoms. The molecule has 6 aromatic carbocycles. The van der Waals surface area contributed by atoms with Crippen molar-refractivity contribution in [1.82, 2.24) is 29.9 Å². The van der Waals surface area contributed by atoms with Crippen LogP contribution in [0.1, 0.15) is 12.8 Å². The van der Waals surface area contributed by atoms with Crippen LogP contribution in [0.4, 0.5) is 58.4 Å². The maximum absolute atomic E-state index is 12.1. The minimum absolute atomic E-state index is 0. The molecule has 8 aromatic rings. The van der Waals surface area contributed by atoms with Gasteiger partial charge in [-0.2, -0.15) is 38.6 Å². The Hall–Kier alpha value is -1.36. The zero-order chi connectivity index (χ0) is 62.2. The van der Waals surface area contributed by atoms with E-state index in [1.54, 1.807) is 12.1 Å². The number of nitrogens with one attached hydrogen (secondary N) is 6. The summed E-state index contributed by atoms with van der Waals surface area (Å²) in [6.45, 7) is 2.26. The average molecular weight is 1460 g/mol. The Bertz CT molecular complexity index is 4050. The molecule has 8 rings (SSSR count). The van der Waals surface area contributed by atoms with E-state index in [2.05, 4.69) is 80.5 Å². The standard InChI is InChI=1S/C48H50N12O21S6.6Na/c61-78-80-82-35-25-29-23-34(8-14-40(29)42(27-35)87(72,73)74)54-48-58-44(56-46(60-48)52-32-5-11-37(12-6-32)85(66,67)68)50-16-2-18-76-20-22-77-21-19-75-17-1-15-49-43-55-45(51-31-3-9-36(10-4-31)84(63,64)65)59-47(57-43)53-33-7-13-39-30(24-33)26-38(86(69,70)71)28-41(39)83-81-79-62;;;;;;/h3-14,23-28,61-62H,1-2,15-22H2,(H,63,64,65)(H,66,67,68)(H,69,70,71)(H,72,73,74)(H3,49,51,53,55,57,59)(H3,50,52,54,56,58,60);;;;;;/q;6*+1/p-6. The molecule has 0 saturated heterocycles. The van der Waals surface area contributed by atoms with Crippen molar-refractivity contribution < 1.29 is 273 Å². The first-order valence-corrected chi connectivity index (χ1v) is 31.9. The Morgan fingerprint density at radius 1 is 0.376 bits per heavy atom. The van der Waals surface area contributed by atoms with E-state index in [1.165, 1.54) is 54.6 Å². The van der Waals surface area contributed by atoms with Crippen LogP contribution < -0.4 is 220 Å². The number of hydrogen-bond donors (Lipinski definition) is 6. The normalized spacial score (nSPS) is 11.3. The SMILES string of the molecule is O=S(=O)([O-])c1ccc(Nc2nc(NCCCOCCOCCOCCCNc3nc(Nc4ccc(S(=O)(=O)[O-])cc4)nc(Nc4ccc5c(S(=O)(=O)[O-])cc(SOO[O-])cc5c4)n3)nc(Nc3ccc4c(SOO[O-])cc(S(=O)(=O)[O-])cc4c3)n2)cc1.[Na+].[Na+].[Na+].[Na+].[Na+].[Na+]. The van der Waals surface area contributed by atoms with E-state index in [0.29, 0.717) is 91.4 Å². The Morgan fingerprint density at radius 2 is 0.742 bits per heavy atom. The van der Waals surface area contributed by atoms with E-state index >= 15 is 0 Å². The molecule has 464 valence electrons. The predicted molar refractivity (Wildman–Crippen MR) is 300 cm³/mol. The van der Waals surface area contributed by atoms with Crippen molar-refractivity contribution in [3.05, 3.63) is 109 Å². The Balaban J connectivity index is 0.00000491. The molecular formula is C48H44N12Na6O21S6. The molecule has 33 nitrogen and oxygen atoms in total. The van der Waals surface area contributed by atoms with Crippen LogP contribution in [0.25, 0.3) is 21.5 Å². The number of fused-ring (bicyclic) bond motifs is 2. The molecule has 0 saturated carbocycles. The summed E-state index contributed by atoms with van der Waals surface area (Å²) >= 11 is 0.790. The second-order valence-corrected chi connectivity index (χ2v) is 24.5. The molecule has 0 spiro atoms. The molecule has 6 N–H and O–H groups in total. The molecule has 2 heterocycles. The van der Waals surface area contributed by atoms with E-state index in [4.69, 9.17) is 14.2 Å². The summed E-state index contributed by atoms with van der Waals surface area (Å²) < 4.78 is 167. The summed E-state index contributed by atoms with van der Waals surface area (Å²) in [5, 5.41) is 46.6. The van der Waals surface area contributed by atoms with Gasteiger partial charge in [0.1, 0.15) is 40.5 Å². The minimum atomic E-state index is -4.97. The first-order valence-electron chi connectivity index (χ1n) is 24.8.